The minimum Gasteiger partial charge on any atom is -0.310 e. The summed E-state index contributed by atoms with van der Waals surface area (Å²) < 4.78 is 0. The molecule has 1 rings (SSSR count). The zero-order chi connectivity index (χ0) is 13.9. The van der Waals surface area contributed by atoms with Crippen molar-refractivity contribution in [1.29, 1.82) is 0 Å². The van der Waals surface area contributed by atoms with Crippen LogP contribution in [0.1, 0.15) is 70.4 Å². The first-order valence-electron chi connectivity index (χ1n) is 7.73. The zero-order valence-corrected chi connectivity index (χ0v) is 13.2. The molecule has 0 fully saturated rings. The lowest BCUT2D eigenvalue weighted by molar-refractivity contribution is 0.524. The molecule has 0 aliphatic carbocycles. The molecule has 0 heterocycles. The number of benzene rings is 1. The second-order valence-corrected chi connectivity index (χ2v) is 5.79. The fourth-order valence-corrected chi connectivity index (χ4v) is 2.49. The highest BCUT2D eigenvalue weighted by molar-refractivity contribution is 6.30. The van der Waals surface area contributed by atoms with Crippen LogP contribution in [-0.4, -0.2) is 6.54 Å². The Morgan fingerprint density at radius 2 is 1.74 bits per heavy atom. The van der Waals surface area contributed by atoms with Gasteiger partial charge in [-0.15, -0.1) is 0 Å². The molecule has 0 aromatic heterocycles. The van der Waals surface area contributed by atoms with Gasteiger partial charge in [-0.05, 0) is 37.6 Å². The van der Waals surface area contributed by atoms with Gasteiger partial charge in [0.25, 0.3) is 0 Å². The van der Waals surface area contributed by atoms with Crippen LogP contribution in [0.25, 0.3) is 0 Å². The predicted octanol–water partition coefficient (Wildman–Crippen LogP) is 5.74. The highest BCUT2D eigenvalue weighted by Gasteiger charge is 2.04. The van der Waals surface area contributed by atoms with Gasteiger partial charge in [-0.3, -0.25) is 0 Å². The summed E-state index contributed by atoms with van der Waals surface area (Å²) in [5.41, 5.74) is 1.27. The Kier molecular flexibility index (Phi) is 8.94. The summed E-state index contributed by atoms with van der Waals surface area (Å²) in [5, 5.41) is 4.39. The van der Waals surface area contributed by atoms with Crippen LogP contribution in [0.2, 0.25) is 5.02 Å². The lowest BCUT2D eigenvalue weighted by atomic mass is 10.1. The summed E-state index contributed by atoms with van der Waals surface area (Å²) in [6.07, 6.45) is 9.53. The topological polar surface area (TPSA) is 12.0 Å². The molecule has 0 saturated carbocycles. The van der Waals surface area contributed by atoms with Gasteiger partial charge in [0.2, 0.25) is 0 Å². The van der Waals surface area contributed by atoms with Crippen LogP contribution < -0.4 is 5.32 Å². The maximum Gasteiger partial charge on any atom is 0.0409 e. The molecule has 0 bridgehead atoms. The average Bonchev–Trinajstić information content (AvgIpc) is 2.41. The molecule has 0 unspecified atom stereocenters. The second kappa shape index (κ2) is 10.3. The van der Waals surface area contributed by atoms with Crippen LogP contribution in [0, 0.1) is 0 Å². The Balaban J connectivity index is 2.06. The standard InChI is InChI=1S/C17H28ClN/c1-3-4-5-6-7-8-9-13-19-15(2)16-11-10-12-17(18)14-16/h10-12,14-15,19H,3-9,13H2,1-2H3/t15-/m1/s1. The lowest BCUT2D eigenvalue weighted by Crippen LogP contribution is -2.19. The number of hydrogen-bond donors (Lipinski definition) is 1. The molecule has 0 saturated heterocycles. The molecule has 0 amide bonds. The Hall–Kier alpha value is -0.530. The normalized spacial score (nSPS) is 12.6. The van der Waals surface area contributed by atoms with Crippen LogP contribution in [-0.2, 0) is 0 Å². The van der Waals surface area contributed by atoms with Gasteiger partial charge in [-0.2, -0.15) is 0 Å². The molecular formula is C17H28ClN. The van der Waals surface area contributed by atoms with Crippen molar-refractivity contribution in [3.8, 4) is 0 Å². The first-order chi connectivity index (χ1) is 9.24. The van der Waals surface area contributed by atoms with E-state index in [0.29, 0.717) is 6.04 Å². The molecule has 0 radical (unpaired) electrons. The van der Waals surface area contributed by atoms with Gasteiger partial charge in [0.05, 0.1) is 0 Å². The maximum atomic E-state index is 6.01. The second-order valence-electron chi connectivity index (χ2n) is 5.35. The Labute approximate surface area is 123 Å². The number of unbranched alkanes of at least 4 members (excludes halogenated alkanes) is 6. The SMILES string of the molecule is CCCCCCCCCN[C@H](C)c1cccc(Cl)c1. The van der Waals surface area contributed by atoms with Crippen molar-refractivity contribution in [2.45, 2.75) is 64.8 Å². The molecule has 2 heteroatoms. The zero-order valence-electron chi connectivity index (χ0n) is 12.4. The highest BCUT2D eigenvalue weighted by atomic mass is 35.5. The van der Waals surface area contributed by atoms with Crippen molar-refractivity contribution in [3.63, 3.8) is 0 Å². The molecule has 1 nitrogen and oxygen atoms in total. The molecule has 1 atom stereocenters. The van der Waals surface area contributed by atoms with E-state index >= 15 is 0 Å². The van der Waals surface area contributed by atoms with E-state index < -0.39 is 0 Å². The predicted molar refractivity (Wildman–Crippen MR) is 85.9 cm³/mol. The van der Waals surface area contributed by atoms with Crippen LogP contribution in [0.3, 0.4) is 0 Å². The molecular weight excluding hydrogens is 254 g/mol. The summed E-state index contributed by atoms with van der Waals surface area (Å²) in [6, 6.07) is 8.51. The van der Waals surface area contributed by atoms with Crippen LogP contribution in [0.5, 0.6) is 0 Å². The first kappa shape index (κ1) is 16.5. The van der Waals surface area contributed by atoms with Crippen LogP contribution >= 0.6 is 11.6 Å². The lowest BCUT2D eigenvalue weighted by Gasteiger charge is -2.14. The van der Waals surface area contributed by atoms with Gasteiger partial charge >= 0.3 is 0 Å². The van der Waals surface area contributed by atoms with Gasteiger partial charge in [0, 0.05) is 11.1 Å². The number of rotatable bonds is 10. The minimum absolute atomic E-state index is 0.388. The quantitative estimate of drug-likeness (QED) is 0.539. The van der Waals surface area contributed by atoms with E-state index in [0.717, 1.165) is 11.6 Å². The fraction of sp³-hybridized carbons (Fsp3) is 0.647. The summed E-state index contributed by atoms with van der Waals surface area (Å²) in [6.45, 7) is 5.56. The number of hydrogen-bond acceptors (Lipinski definition) is 1. The Bertz CT molecular complexity index is 338. The van der Waals surface area contributed by atoms with E-state index in [1.807, 2.05) is 18.2 Å². The minimum atomic E-state index is 0.388. The number of halogens is 1. The summed E-state index contributed by atoms with van der Waals surface area (Å²) in [7, 11) is 0. The van der Waals surface area contributed by atoms with Crippen LogP contribution in [0.4, 0.5) is 0 Å². The van der Waals surface area contributed by atoms with Crippen molar-refractivity contribution in [2.24, 2.45) is 0 Å². The van der Waals surface area contributed by atoms with Gasteiger partial charge in [-0.25, -0.2) is 0 Å². The van der Waals surface area contributed by atoms with Crippen molar-refractivity contribution in [2.75, 3.05) is 6.54 Å². The summed E-state index contributed by atoms with van der Waals surface area (Å²) in [4.78, 5) is 0. The monoisotopic (exact) mass is 281 g/mol. The third-order valence-corrected chi connectivity index (χ3v) is 3.81. The van der Waals surface area contributed by atoms with Crippen LogP contribution in [0.15, 0.2) is 24.3 Å². The number of nitrogens with one attached hydrogen (secondary N) is 1. The van der Waals surface area contributed by atoms with E-state index in [4.69, 9.17) is 11.6 Å². The van der Waals surface area contributed by atoms with Gasteiger partial charge in [0.15, 0.2) is 0 Å². The third kappa shape index (κ3) is 7.59. The molecule has 0 aliphatic heterocycles. The van der Waals surface area contributed by atoms with E-state index in [-0.39, 0.29) is 0 Å². The third-order valence-electron chi connectivity index (χ3n) is 3.58. The van der Waals surface area contributed by atoms with Crippen molar-refractivity contribution in [3.05, 3.63) is 34.9 Å². The first-order valence-corrected chi connectivity index (χ1v) is 8.10. The van der Waals surface area contributed by atoms with E-state index in [1.54, 1.807) is 0 Å². The average molecular weight is 282 g/mol. The Morgan fingerprint density at radius 1 is 1.05 bits per heavy atom. The van der Waals surface area contributed by atoms with Gasteiger partial charge in [0.1, 0.15) is 0 Å². The highest BCUT2D eigenvalue weighted by Crippen LogP contribution is 2.17. The summed E-state index contributed by atoms with van der Waals surface area (Å²) in [5.74, 6) is 0. The van der Waals surface area contributed by atoms with Gasteiger partial charge < -0.3 is 5.32 Å². The fourth-order valence-electron chi connectivity index (χ4n) is 2.29. The molecule has 1 N–H and O–H groups in total. The molecule has 0 spiro atoms. The van der Waals surface area contributed by atoms with Crippen molar-refractivity contribution in [1.82, 2.24) is 5.32 Å². The van der Waals surface area contributed by atoms with Crippen molar-refractivity contribution < 1.29 is 0 Å². The van der Waals surface area contributed by atoms with E-state index in [9.17, 15) is 0 Å². The largest absolute Gasteiger partial charge is 0.310 e. The van der Waals surface area contributed by atoms with Gasteiger partial charge in [-0.1, -0.05) is 69.2 Å². The Morgan fingerprint density at radius 3 is 2.42 bits per heavy atom. The van der Waals surface area contributed by atoms with E-state index in [1.165, 1.54) is 50.5 Å². The van der Waals surface area contributed by atoms with E-state index in [2.05, 4.69) is 25.2 Å². The molecule has 0 aliphatic rings. The molecule has 1 aromatic rings. The summed E-state index contributed by atoms with van der Waals surface area (Å²) >= 11 is 6.01. The maximum absolute atomic E-state index is 6.01. The molecule has 108 valence electrons. The smallest absolute Gasteiger partial charge is 0.0409 e. The van der Waals surface area contributed by atoms with Crippen molar-refractivity contribution >= 4 is 11.6 Å². The molecule has 1 aromatic carbocycles. The molecule has 19 heavy (non-hydrogen) atoms.